The summed E-state index contributed by atoms with van der Waals surface area (Å²) in [6.07, 6.45) is 3.03. The van der Waals surface area contributed by atoms with Crippen LogP contribution in [0.5, 0.6) is 0 Å². The molecular formula is C12H13F2N3. The minimum Gasteiger partial charge on any atom is -0.342 e. The number of hydrogen-bond donors (Lipinski definition) is 2. The summed E-state index contributed by atoms with van der Waals surface area (Å²) in [7, 11) is 0. The lowest BCUT2D eigenvalue weighted by Crippen LogP contribution is -2.23. The van der Waals surface area contributed by atoms with Crippen molar-refractivity contribution in [2.75, 3.05) is 0 Å². The number of halogens is 2. The molecule has 1 heterocycles. The molecule has 3 nitrogen and oxygen atoms in total. The molecule has 3 rings (SSSR count). The van der Waals surface area contributed by atoms with E-state index in [9.17, 15) is 8.78 Å². The summed E-state index contributed by atoms with van der Waals surface area (Å²) >= 11 is 0. The van der Waals surface area contributed by atoms with Crippen LogP contribution in [0.25, 0.3) is 11.0 Å². The molecule has 0 bridgehead atoms. The summed E-state index contributed by atoms with van der Waals surface area (Å²) in [5.74, 6) is -0.807. The molecule has 0 radical (unpaired) electrons. The quantitative estimate of drug-likeness (QED) is 0.800. The zero-order chi connectivity index (χ0) is 12.0. The van der Waals surface area contributed by atoms with Gasteiger partial charge in [-0.1, -0.05) is 6.42 Å². The summed E-state index contributed by atoms with van der Waals surface area (Å²) in [6.45, 7) is 0. The highest BCUT2D eigenvalue weighted by molar-refractivity contribution is 5.75. The molecule has 5 heteroatoms. The molecule has 0 saturated heterocycles. The first-order chi connectivity index (χ1) is 8.15. The van der Waals surface area contributed by atoms with Gasteiger partial charge in [0.15, 0.2) is 11.6 Å². The first-order valence-electron chi connectivity index (χ1n) is 5.75. The van der Waals surface area contributed by atoms with Crippen LogP contribution in [0.4, 0.5) is 8.78 Å². The Balaban J connectivity index is 2.07. The lowest BCUT2D eigenvalue weighted by atomic mass is 10.0. The molecule has 1 fully saturated rings. The van der Waals surface area contributed by atoms with E-state index in [1.54, 1.807) is 0 Å². The van der Waals surface area contributed by atoms with Crippen molar-refractivity contribution in [1.82, 2.24) is 9.97 Å². The summed E-state index contributed by atoms with van der Waals surface area (Å²) in [4.78, 5) is 7.34. The van der Waals surface area contributed by atoms with Crippen LogP contribution in [0.2, 0.25) is 0 Å². The second kappa shape index (κ2) is 3.77. The summed E-state index contributed by atoms with van der Waals surface area (Å²) < 4.78 is 26.1. The molecule has 90 valence electrons. The average molecular weight is 237 g/mol. The lowest BCUT2D eigenvalue weighted by molar-refractivity contribution is 0.510. The van der Waals surface area contributed by atoms with Crippen LogP contribution in [-0.4, -0.2) is 16.0 Å². The number of imidazole rings is 1. The topological polar surface area (TPSA) is 54.7 Å². The smallest absolute Gasteiger partial charge is 0.161 e. The maximum absolute atomic E-state index is 13.1. The Kier molecular flexibility index (Phi) is 2.36. The van der Waals surface area contributed by atoms with Crippen LogP contribution in [0.1, 0.15) is 31.0 Å². The molecular weight excluding hydrogens is 224 g/mol. The van der Waals surface area contributed by atoms with Crippen molar-refractivity contribution in [3.8, 4) is 0 Å². The van der Waals surface area contributed by atoms with Gasteiger partial charge in [-0.05, 0) is 12.8 Å². The number of hydrogen-bond acceptors (Lipinski definition) is 2. The van der Waals surface area contributed by atoms with Gasteiger partial charge in [-0.2, -0.15) is 0 Å². The van der Waals surface area contributed by atoms with Crippen molar-refractivity contribution in [1.29, 1.82) is 0 Å². The highest BCUT2D eigenvalue weighted by Gasteiger charge is 2.28. The fraction of sp³-hybridized carbons (Fsp3) is 0.417. The standard InChI is InChI=1S/C12H13F2N3/c13-7-4-10-11(5-8(7)14)17-12(16-10)6-2-1-3-9(6)15/h4-6,9H,1-3,15H2,(H,16,17). The molecule has 2 aromatic rings. The van der Waals surface area contributed by atoms with Gasteiger partial charge >= 0.3 is 0 Å². The molecule has 3 N–H and O–H groups in total. The predicted molar refractivity (Wildman–Crippen MR) is 60.6 cm³/mol. The fourth-order valence-corrected chi connectivity index (χ4v) is 2.53. The minimum atomic E-state index is -0.869. The normalized spacial score (nSPS) is 24.6. The third-order valence-corrected chi connectivity index (χ3v) is 3.46. The highest BCUT2D eigenvalue weighted by Crippen LogP contribution is 2.32. The maximum Gasteiger partial charge on any atom is 0.161 e. The van der Waals surface area contributed by atoms with Crippen LogP contribution >= 0.6 is 0 Å². The van der Waals surface area contributed by atoms with Gasteiger partial charge in [0.05, 0.1) is 11.0 Å². The first-order valence-corrected chi connectivity index (χ1v) is 5.75. The molecule has 17 heavy (non-hydrogen) atoms. The number of H-pyrrole nitrogens is 1. The number of nitrogens with zero attached hydrogens (tertiary/aromatic N) is 1. The van der Waals surface area contributed by atoms with Gasteiger partial charge in [0.1, 0.15) is 5.82 Å². The number of nitrogens with one attached hydrogen (secondary N) is 1. The van der Waals surface area contributed by atoms with E-state index in [4.69, 9.17) is 5.73 Å². The second-order valence-electron chi connectivity index (χ2n) is 4.61. The molecule has 1 aliphatic carbocycles. The zero-order valence-corrected chi connectivity index (χ0v) is 9.21. The molecule has 1 saturated carbocycles. The maximum atomic E-state index is 13.1. The van der Waals surface area contributed by atoms with Crippen LogP contribution in [0.3, 0.4) is 0 Å². The SMILES string of the molecule is NC1CCCC1c1nc2cc(F)c(F)cc2[nH]1. The average Bonchev–Trinajstić information content (AvgIpc) is 2.85. The van der Waals surface area contributed by atoms with Crippen LogP contribution in [0, 0.1) is 11.6 Å². The Hall–Kier alpha value is -1.49. The summed E-state index contributed by atoms with van der Waals surface area (Å²) in [5, 5.41) is 0. The van der Waals surface area contributed by atoms with E-state index < -0.39 is 11.6 Å². The van der Waals surface area contributed by atoms with Gasteiger partial charge in [-0.3, -0.25) is 0 Å². The van der Waals surface area contributed by atoms with Crippen molar-refractivity contribution < 1.29 is 8.78 Å². The van der Waals surface area contributed by atoms with E-state index in [1.807, 2.05) is 0 Å². The summed E-state index contributed by atoms with van der Waals surface area (Å²) in [6, 6.07) is 2.34. The molecule has 2 atom stereocenters. The molecule has 0 aliphatic heterocycles. The Bertz CT molecular complexity index is 525. The number of rotatable bonds is 1. The van der Waals surface area contributed by atoms with Crippen molar-refractivity contribution in [3.05, 3.63) is 29.6 Å². The number of nitrogens with two attached hydrogens (primary N) is 1. The van der Waals surface area contributed by atoms with Gasteiger partial charge in [-0.15, -0.1) is 0 Å². The monoisotopic (exact) mass is 237 g/mol. The third-order valence-electron chi connectivity index (χ3n) is 3.46. The van der Waals surface area contributed by atoms with E-state index in [0.717, 1.165) is 37.2 Å². The molecule has 0 spiro atoms. The second-order valence-corrected chi connectivity index (χ2v) is 4.61. The van der Waals surface area contributed by atoms with Crippen LogP contribution in [0.15, 0.2) is 12.1 Å². The van der Waals surface area contributed by atoms with Crippen molar-refractivity contribution >= 4 is 11.0 Å². The molecule has 2 unspecified atom stereocenters. The number of benzene rings is 1. The van der Waals surface area contributed by atoms with Gasteiger partial charge in [0, 0.05) is 24.1 Å². The Morgan fingerprint density at radius 1 is 1.24 bits per heavy atom. The first kappa shape index (κ1) is 10.7. The molecule has 0 amide bonds. The van der Waals surface area contributed by atoms with Crippen LogP contribution in [-0.2, 0) is 0 Å². The van der Waals surface area contributed by atoms with Gasteiger partial charge in [0.2, 0.25) is 0 Å². The van der Waals surface area contributed by atoms with Crippen molar-refractivity contribution in [3.63, 3.8) is 0 Å². The number of fused-ring (bicyclic) bond motifs is 1. The Morgan fingerprint density at radius 3 is 2.71 bits per heavy atom. The van der Waals surface area contributed by atoms with Gasteiger partial charge in [-0.25, -0.2) is 13.8 Å². The minimum absolute atomic E-state index is 0.0882. The van der Waals surface area contributed by atoms with Crippen molar-refractivity contribution in [2.24, 2.45) is 5.73 Å². The van der Waals surface area contributed by atoms with E-state index in [1.165, 1.54) is 0 Å². The highest BCUT2D eigenvalue weighted by atomic mass is 19.2. The lowest BCUT2D eigenvalue weighted by Gasteiger charge is -2.11. The van der Waals surface area contributed by atoms with E-state index in [-0.39, 0.29) is 12.0 Å². The largest absolute Gasteiger partial charge is 0.342 e. The van der Waals surface area contributed by atoms with Gasteiger partial charge < -0.3 is 10.7 Å². The van der Waals surface area contributed by atoms with Crippen molar-refractivity contribution in [2.45, 2.75) is 31.2 Å². The predicted octanol–water partition coefficient (Wildman–Crippen LogP) is 2.44. The fourth-order valence-electron chi connectivity index (χ4n) is 2.53. The van der Waals surface area contributed by atoms with E-state index >= 15 is 0 Å². The third kappa shape index (κ3) is 1.70. The van der Waals surface area contributed by atoms with E-state index in [0.29, 0.717) is 11.0 Å². The number of aromatic amines is 1. The van der Waals surface area contributed by atoms with E-state index in [2.05, 4.69) is 9.97 Å². The van der Waals surface area contributed by atoms with Gasteiger partial charge in [0.25, 0.3) is 0 Å². The molecule has 1 aliphatic rings. The van der Waals surface area contributed by atoms with Crippen LogP contribution < -0.4 is 5.73 Å². The summed E-state index contributed by atoms with van der Waals surface area (Å²) in [5.41, 5.74) is 6.97. The zero-order valence-electron chi connectivity index (χ0n) is 9.21. The molecule has 1 aromatic carbocycles. The molecule has 1 aromatic heterocycles. The Labute approximate surface area is 97.0 Å². The Morgan fingerprint density at radius 2 is 2.00 bits per heavy atom. The number of aromatic nitrogens is 2.